The van der Waals surface area contributed by atoms with Gasteiger partial charge in [-0.05, 0) is 24.5 Å². The first-order valence-electron chi connectivity index (χ1n) is 6.94. The number of rotatable bonds is 2. The van der Waals surface area contributed by atoms with Crippen molar-refractivity contribution in [3.8, 4) is 5.75 Å². The van der Waals surface area contributed by atoms with Crippen molar-refractivity contribution in [2.45, 2.75) is 57.0 Å². The van der Waals surface area contributed by atoms with E-state index in [0.717, 1.165) is 5.75 Å². The molecule has 0 aromatic heterocycles. The number of ether oxygens (including phenoxy) is 1. The summed E-state index contributed by atoms with van der Waals surface area (Å²) in [5.74, 6) is 1.15. The molecule has 100 valence electrons. The van der Waals surface area contributed by atoms with E-state index < -0.39 is 16.1 Å². The predicted molar refractivity (Wildman–Crippen MR) is 84.8 cm³/mol. The maximum absolute atomic E-state index is 6.67. The Morgan fingerprint density at radius 2 is 1.50 bits per heavy atom. The molecule has 0 radical (unpaired) electrons. The Morgan fingerprint density at radius 1 is 0.944 bits per heavy atom. The highest BCUT2D eigenvalue weighted by atomic mass is 28.4. The third-order valence-corrected chi connectivity index (χ3v) is 14.5. The Labute approximate surface area is 114 Å². The molecule has 0 atom stereocenters. The van der Waals surface area contributed by atoms with Crippen molar-refractivity contribution in [2.24, 2.45) is 0 Å². The van der Waals surface area contributed by atoms with Crippen LogP contribution < -0.4 is 4.74 Å². The monoisotopic (exact) mass is 278 g/mol. The first-order chi connectivity index (χ1) is 8.17. The van der Waals surface area contributed by atoms with Gasteiger partial charge in [-0.15, -0.1) is 0 Å². The Bertz CT molecular complexity index is 427. The van der Waals surface area contributed by atoms with E-state index in [2.05, 4.69) is 63.5 Å². The van der Waals surface area contributed by atoms with Gasteiger partial charge in [0.05, 0.1) is 21.0 Å². The molecule has 0 bridgehead atoms. The zero-order valence-corrected chi connectivity index (χ0v) is 14.6. The molecular weight excluding hydrogens is 252 g/mol. The average molecular weight is 279 g/mol. The maximum atomic E-state index is 6.67. The molecule has 0 spiro atoms. The lowest BCUT2D eigenvalue weighted by Gasteiger charge is -2.53. The van der Waals surface area contributed by atoms with Gasteiger partial charge in [-0.3, -0.25) is 0 Å². The summed E-state index contributed by atoms with van der Waals surface area (Å²) in [5, 5.41) is 0. The van der Waals surface area contributed by atoms with Gasteiger partial charge in [-0.1, -0.05) is 57.5 Å². The number of hydrogen-bond donors (Lipinski definition) is 0. The first-order valence-corrected chi connectivity index (χ1v) is 13.9. The van der Waals surface area contributed by atoms with Gasteiger partial charge < -0.3 is 4.74 Å². The van der Waals surface area contributed by atoms with Gasteiger partial charge in [0, 0.05) is 0 Å². The molecule has 0 amide bonds. The second kappa shape index (κ2) is 4.24. The lowest BCUT2D eigenvalue weighted by atomic mass is 10.1. The highest BCUT2D eigenvalue weighted by molar-refractivity contribution is 6.98. The van der Waals surface area contributed by atoms with E-state index in [1.807, 2.05) is 0 Å². The zero-order chi connectivity index (χ0) is 13.6. The number of para-hydroxylation sites is 1. The van der Waals surface area contributed by atoms with Crippen molar-refractivity contribution >= 4 is 16.1 Å². The molecule has 0 N–H and O–H groups in total. The molecule has 1 aliphatic rings. The topological polar surface area (TPSA) is 9.23 Å². The molecule has 1 nitrogen and oxygen atoms in total. The molecule has 0 saturated heterocycles. The van der Waals surface area contributed by atoms with E-state index in [9.17, 15) is 0 Å². The SMILES string of the molecule is C[Si](C)(C)C1([Si](C)(C)C)CCc2ccccc2O1. The summed E-state index contributed by atoms with van der Waals surface area (Å²) in [6, 6.07) is 8.60. The van der Waals surface area contributed by atoms with Crippen LogP contribution >= 0.6 is 0 Å². The van der Waals surface area contributed by atoms with Crippen molar-refractivity contribution in [3.05, 3.63) is 29.8 Å². The molecule has 1 aliphatic heterocycles. The van der Waals surface area contributed by atoms with Crippen LogP contribution in [-0.4, -0.2) is 21.0 Å². The van der Waals surface area contributed by atoms with Crippen molar-refractivity contribution in [2.75, 3.05) is 0 Å². The van der Waals surface area contributed by atoms with Crippen LogP contribution in [0.25, 0.3) is 0 Å². The van der Waals surface area contributed by atoms with Crippen molar-refractivity contribution in [1.82, 2.24) is 0 Å². The minimum Gasteiger partial charge on any atom is -0.494 e. The first kappa shape index (κ1) is 13.9. The third kappa shape index (κ3) is 2.07. The fraction of sp³-hybridized carbons (Fsp3) is 0.600. The van der Waals surface area contributed by atoms with Crippen LogP contribution in [0.5, 0.6) is 5.75 Å². The molecule has 0 aliphatic carbocycles. The molecule has 0 unspecified atom stereocenters. The van der Waals surface area contributed by atoms with Crippen LogP contribution in [-0.2, 0) is 6.42 Å². The molecular formula is C15H26OSi2. The van der Waals surface area contributed by atoms with Crippen LogP contribution in [0.4, 0.5) is 0 Å². The Kier molecular flexibility index (Phi) is 3.27. The Hall–Kier alpha value is -0.546. The number of benzene rings is 1. The van der Waals surface area contributed by atoms with Crippen molar-refractivity contribution in [3.63, 3.8) is 0 Å². The van der Waals surface area contributed by atoms with Gasteiger partial charge in [0.1, 0.15) is 5.75 Å². The van der Waals surface area contributed by atoms with Gasteiger partial charge in [0.2, 0.25) is 0 Å². The second-order valence-corrected chi connectivity index (χ2v) is 18.7. The maximum Gasteiger partial charge on any atom is 0.122 e. The van der Waals surface area contributed by atoms with Gasteiger partial charge in [-0.2, -0.15) is 0 Å². The average Bonchev–Trinajstić information content (AvgIpc) is 2.25. The lowest BCUT2D eigenvalue weighted by molar-refractivity contribution is 0.186. The molecule has 1 aromatic carbocycles. The third-order valence-electron chi connectivity index (χ3n) is 4.43. The predicted octanol–water partition coefficient (Wildman–Crippen LogP) is 4.51. The standard InChI is InChI=1S/C15H26OSi2/c1-17(2,3)15(18(4,5)6)12-11-13-9-7-8-10-14(13)16-15/h7-10H,11-12H2,1-6H3. The summed E-state index contributed by atoms with van der Waals surface area (Å²) in [6.45, 7) is 14.8. The van der Waals surface area contributed by atoms with Crippen molar-refractivity contribution < 1.29 is 4.74 Å². The molecule has 1 heterocycles. The van der Waals surface area contributed by atoms with Gasteiger partial charge in [0.25, 0.3) is 0 Å². The van der Waals surface area contributed by atoms with Crippen LogP contribution in [0, 0.1) is 0 Å². The fourth-order valence-corrected chi connectivity index (χ4v) is 15.1. The van der Waals surface area contributed by atoms with E-state index in [1.54, 1.807) is 0 Å². The van der Waals surface area contributed by atoms with Crippen LogP contribution in [0.3, 0.4) is 0 Å². The largest absolute Gasteiger partial charge is 0.494 e. The highest BCUT2D eigenvalue weighted by Gasteiger charge is 2.55. The number of fused-ring (bicyclic) bond motifs is 1. The number of aryl methyl sites for hydroxylation is 1. The van der Waals surface area contributed by atoms with Crippen LogP contribution in [0.1, 0.15) is 12.0 Å². The quantitative estimate of drug-likeness (QED) is 0.724. The minimum atomic E-state index is -1.37. The van der Waals surface area contributed by atoms with Gasteiger partial charge in [-0.25, -0.2) is 0 Å². The van der Waals surface area contributed by atoms with E-state index in [4.69, 9.17) is 4.74 Å². The zero-order valence-electron chi connectivity index (χ0n) is 12.6. The van der Waals surface area contributed by atoms with Crippen LogP contribution in [0.2, 0.25) is 39.3 Å². The Morgan fingerprint density at radius 3 is 2.06 bits per heavy atom. The smallest absolute Gasteiger partial charge is 0.122 e. The summed E-state index contributed by atoms with van der Waals surface area (Å²) < 4.78 is 6.67. The number of hydrogen-bond acceptors (Lipinski definition) is 1. The molecule has 3 heteroatoms. The van der Waals surface area contributed by atoms with E-state index in [1.165, 1.54) is 18.4 Å². The normalized spacial score (nSPS) is 19.0. The van der Waals surface area contributed by atoms with E-state index >= 15 is 0 Å². The highest BCUT2D eigenvalue weighted by Crippen LogP contribution is 2.43. The summed E-state index contributed by atoms with van der Waals surface area (Å²) in [5.41, 5.74) is 1.39. The summed E-state index contributed by atoms with van der Waals surface area (Å²) >= 11 is 0. The lowest BCUT2D eigenvalue weighted by Crippen LogP contribution is -2.71. The second-order valence-electron chi connectivity index (χ2n) is 7.54. The van der Waals surface area contributed by atoms with Gasteiger partial charge in [0.15, 0.2) is 0 Å². The molecule has 1 aromatic rings. The minimum absolute atomic E-state index is 0.175. The van der Waals surface area contributed by atoms with Crippen molar-refractivity contribution in [1.29, 1.82) is 0 Å². The van der Waals surface area contributed by atoms with E-state index in [0.29, 0.717) is 0 Å². The molecule has 0 fully saturated rings. The van der Waals surface area contributed by atoms with Gasteiger partial charge >= 0.3 is 0 Å². The molecule has 2 rings (SSSR count). The molecule has 0 saturated carbocycles. The van der Waals surface area contributed by atoms with Crippen LogP contribution in [0.15, 0.2) is 24.3 Å². The summed E-state index contributed by atoms with van der Waals surface area (Å²) in [4.78, 5) is 0.175. The summed E-state index contributed by atoms with van der Waals surface area (Å²) in [7, 11) is -2.74. The molecule has 18 heavy (non-hydrogen) atoms. The summed E-state index contributed by atoms with van der Waals surface area (Å²) in [6.07, 6.45) is 2.40. The fourth-order valence-electron chi connectivity index (χ4n) is 3.54. The van der Waals surface area contributed by atoms with E-state index in [-0.39, 0.29) is 4.85 Å². The Balaban J connectivity index is 2.49.